The molecule has 0 aliphatic rings. The van der Waals surface area contributed by atoms with Crippen LogP contribution in [0.3, 0.4) is 0 Å². The van der Waals surface area contributed by atoms with Crippen LogP contribution in [0.15, 0.2) is 48.5 Å². The third-order valence-electron chi connectivity index (χ3n) is 3.14. The van der Waals surface area contributed by atoms with Crippen LogP contribution in [-0.2, 0) is 6.42 Å². The van der Waals surface area contributed by atoms with Gasteiger partial charge in [-0.25, -0.2) is 8.78 Å². The number of nitro groups is 1. The number of non-ortho nitro benzene ring substituents is 1. The second kappa shape index (κ2) is 6.76. The minimum absolute atomic E-state index is 0.127. The van der Waals surface area contributed by atoms with E-state index in [2.05, 4.69) is 15.9 Å². The van der Waals surface area contributed by atoms with Gasteiger partial charge in [0.05, 0.1) is 4.92 Å². The second-order valence-electron chi connectivity index (χ2n) is 4.52. The molecule has 0 saturated carbocycles. The van der Waals surface area contributed by atoms with E-state index in [4.69, 9.17) is 0 Å². The zero-order chi connectivity index (χ0) is 15.4. The van der Waals surface area contributed by atoms with Crippen molar-refractivity contribution < 1.29 is 13.7 Å². The molecule has 110 valence electrons. The van der Waals surface area contributed by atoms with Crippen LogP contribution in [0, 0.1) is 10.1 Å². The van der Waals surface area contributed by atoms with Crippen LogP contribution in [0.5, 0.6) is 0 Å². The summed E-state index contributed by atoms with van der Waals surface area (Å²) in [5.41, 5.74) is 0.766. The van der Waals surface area contributed by atoms with E-state index in [0.29, 0.717) is 12.0 Å². The minimum atomic E-state index is -2.74. The van der Waals surface area contributed by atoms with Gasteiger partial charge in [-0.1, -0.05) is 52.3 Å². The van der Waals surface area contributed by atoms with Crippen molar-refractivity contribution in [1.82, 2.24) is 0 Å². The lowest BCUT2D eigenvalue weighted by Gasteiger charge is -2.13. The van der Waals surface area contributed by atoms with Gasteiger partial charge in [0.15, 0.2) is 0 Å². The van der Waals surface area contributed by atoms with Crippen LogP contribution in [0.25, 0.3) is 0 Å². The number of hydrogen-bond donors (Lipinski definition) is 0. The van der Waals surface area contributed by atoms with Gasteiger partial charge >= 0.3 is 0 Å². The standard InChI is InChI=1S/C15H12BrF2NO2/c16-14(10-4-2-1-3-5-10)8-11-6-7-12(19(20)21)9-13(11)15(17)18/h1-7,9,14-15H,8H2. The van der Waals surface area contributed by atoms with Crippen molar-refractivity contribution in [1.29, 1.82) is 0 Å². The molecule has 2 aromatic rings. The van der Waals surface area contributed by atoms with Crippen molar-refractivity contribution in [3.05, 3.63) is 75.3 Å². The number of nitrogens with zero attached hydrogens (tertiary/aromatic N) is 1. The van der Waals surface area contributed by atoms with E-state index in [1.807, 2.05) is 30.3 Å². The Kier molecular flexibility index (Phi) is 5.01. The molecule has 1 atom stereocenters. The number of rotatable bonds is 5. The first-order valence-corrected chi connectivity index (χ1v) is 7.15. The average molecular weight is 356 g/mol. The molecule has 2 aromatic carbocycles. The highest BCUT2D eigenvalue weighted by molar-refractivity contribution is 9.09. The third kappa shape index (κ3) is 3.85. The van der Waals surface area contributed by atoms with Crippen LogP contribution < -0.4 is 0 Å². The predicted octanol–water partition coefficient (Wildman–Crippen LogP) is 5.21. The van der Waals surface area contributed by atoms with Crippen LogP contribution in [0.4, 0.5) is 14.5 Å². The highest BCUT2D eigenvalue weighted by atomic mass is 79.9. The van der Waals surface area contributed by atoms with E-state index in [-0.39, 0.29) is 16.1 Å². The molecule has 0 saturated heterocycles. The van der Waals surface area contributed by atoms with Gasteiger partial charge in [-0.3, -0.25) is 10.1 Å². The molecular weight excluding hydrogens is 344 g/mol. The lowest BCUT2D eigenvalue weighted by molar-refractivity contribution is -0.385. The molecule has 0 N–H and O–H groups in total. The molecule has 1 unspecified atom stereocenters. The molecule has 0 fully saturated rings. The van der Waals surface area contributed by atoms with Gasteiger partial charge in [-0.05, 0) is 17.5 Å². The number of alkyl halides is 3. The minimum Gasteiger partial charge on any atom is -0.258 e. The molecule has 3 nitrogen and oxygen atoms in total. The highest BCUT2D eigenvalue weighted by Crippen LogP contribution is 2.33. The molecule has 0 aromatic heterocycles. The Bertz CT molecular complexity index is 635. The van der Waals surface area contributed by atoms with Crippen LogP contribution >= 0.6 is 15.9 Å². The first-order valence-electron chi connectivity index (χ1n) is 6.23. The fourth-order valence-electron chi connectivity index (χ4n) is 2.06. The summed E-state index contributed by atoms with van der Waals surface area (Å²) in [7, 11) is 0. The first-order chi connectivity index (χ1) is 9.99. The van der Waals surface area contributed by atoms with Gasteiger partial charge in [0, 0.05) is 22.5 Å². The maximum atomic E-state index is 13.1. The number of benzene rings is 2. The number of halogens is 3. The van der Waals surface area contributed by atoms with E-state index in [1.165, 1.54) is 12.1 Å². The lowest BCUT2D eigenvalue weighted by Crippen LogP contribution is -2.01. The first kappa shape index (κ1) is 15.6. The summed E-state index contributed by atoms with van der Waals surface area (Å²) in [4.78, 5) is 9.89. The molecule has 2 rings (SSSR count). The molecule has 0 radical (unpaired) electrons. The Hall–Kier alpha value is -1.82. The molecule has 0 aliphatic carbocycles. The van der Waals surface area contributed by atoms with Crippen LogP contribution in [-0.4, -0.2) is 4.92 Å². The smallest absolute Gasteiger partial charge is 0.258 e. The van der Waals surface area contributed by atoms with E-state index >= 15 is 0 Å². The quantitative estimate of drug-likeness (QED) is 0.419. The lowest BCUT2D eigenvalue weighted by atomic mass is 9.99. The van der Waals surface area contributed by atoms with Gasteiger partial charge in [-0.2, -0.15) is 0 Å². The Morgan fingerprint density at radius 1 is 1.14 bits per heavy atom. The summed E-state index contributed by atoms with van der Waals surface area (Å²) in [5.74, 6) is 0. The molecule has 21 heavy (non-hydrogen) atoms. The number of hydrogen-bond acceptors (Lipinski definition) is 2. The van der Waals surface area contributed by atoms with Crippen molar-refractivity contribution in [3.63, 3.8) is 0 Å². The Labute approximate surface area is 128 Å². The largest absolute Gasteiger partial charge is 0.269 e. The molecule has 0 heterocycles. The summed E-state index contributed by atoms with van der Waals surface area (Å²) in [6.07, 6.45) is -2.41. The second-order valence-corrected chi connectivity index (χ2v) is 5.63. The monoisotopic (exact) mass is 355 g/mol. The normalized spacial score (nSPS) is 12.4. The van der Waals surface area contributed by atoms with Crippen molar-refractivity contribution in [2.75, 3.05) is 0 Å². The highest BCUT2D eigenvalue weighted by Gasteiger charge is 2.20. The molecule has 6 heteroatoms. The molecule has 0 bridgehead atoms. The third-order valence-corrected chi connectivity index (χ3v) is 3.99. The van der Waals surface area contributed by atoms with Crippen molar-refractivity contribution in [3.8, 4) is 0 Å². The fraction of sp³-hybridized carbons (Fsp3) is 0.200. The SMILES string of the molecule is O=[N+]([O-])c1ccc(CC(Br)c2ccccc2)c(C(F)F)c1. The van der Waals surface area contributed by atoms with E-state index in [9.17, 15) is 18.9 Å². The van der Waals surface area contributed by atoms with Crippen molar-refractivity contribution in [2.24, 2.45) is 0 Å². The average Bonchev–Trinajstić information content (AvgIpc) is 2.48. The maximum absolute atomic E-state index is 13.1. The van der Waals surface area contributed by atoms with Gasteiger partial charge in [0.1, 0.15) is 0 Å². The summed E-state index contributed by atoms with van der Waals surface area (Å²) in [6.45, 7) is 0. The Morgan fingerprint density at radius 2 is 1.81 bits per heavy atom. The zero-order valence-corrected chi connectivity index (χ0v) is 12.5. The topological polar surface area (TPSA) is 43.1 Å². The Morgan fingerprint density at radius 3 is 2.38 bits per heavy atom. The summed E-state index contributed by atoms with van der Waals surface area (Å²) >= 11 is 3.47. The molecule has 0 spiro atoms. The zero-order valence-electron chi connectivity index (χ0n) is 10.9. The molecule has 0 aliphatic heterocycles. The number of nitro benzene ring substituents is 1. The van der Waals surface area contributed by atoms with Crippen LogP contribution in [0.1, 0.15) is 27.9 Å². The van der Waals surface area contributed by atoms with Crippen LogP contribution in [0.2, 0.25) is 0 Å². The summed E-state index contributed by atoms with van der Waals surface area (Å²) < 4.78 is 26.2. The van der Waals surface area contributed by atoms with E-state index < -0.39 is 11.3 Å². The van der Waals surface area contributed by atoms with Gasteiger partial charge in [-0.15, -0.1) is 0 Å². The summed E-state index contributed by atoms with van der Waals surface area (Å²) in [5, 5.41) is 10.7. The van der Waals surface area contributed by atoms with Gasteiger partial charge in [0.2, 0.25) is 0 Å². The fourth-order valence-corrected chi connectivity index (χ4v) is 2.71. The van der Waals surface area contributed by atoms with Crippen molar-refractivity contribution >= 4 is 21.6 Å². The van der Waals surface area contributed by atoms with Gasteiger partial charge in [0.25, 0.3) is 12.1 Å². The van der Waals surface area contributed by atoms with E-state index in [1.54, 1.807) is 0 Å². The predicted molar refractivity (Wildman–Crippen MR) is 79.9 cm³/mol. The molecule has 0 amide bonds. The molecular formula is C15H12BrF2NO2. The van der Waals surface area contributed by atoms with Gasteiger partial charge < -0.3 is 0 Å². The summed E-state index contributed by atoms with van der Waals surface area (Å²) in [6, 6.07) is 13.0. The van der Waals surface area contributed by atoms with Crippen molar-refractivity contribution in [2.45, 2.75) is 17.7 Å². The van der Waals surface area contributed by atoms with E-state index in [0.717, 1.165) is 11.6 Å². The maximum Gasteiger partial charge on any atom is 0.269 e. The Balaban J connectivity index is 2.29.